The number of halogens is 2. The van der Waals surface area contributed by atoms with E-state index in [1.807, 2.05) is 6.07 Å². The van der Waals surface area contributed by atoms with Crippen molar-refractivity contribution in [1.82, 2.24) is 15.0 Å². The number of H-pyrrole nitrogens is 1. The Kier molecular flexibility index (Phi) is 5.16. The van der Waals surface area contributed by atoms with Crippen molar-refractivity contribution in [2.45, 2.75) is 20.1 Å². The number of rotatable bonds is 5. The second-order valence-corrected chi connectivity index (χ2v) is 7.67. The molecule has 4 heterocycles. The third-order valence-corrected chi connectivity index (χ3v) is 5.58. The van der Waals surface area contributed by atoms with Gasteiger partial charge in [0.2, 0.25) is 0 Å². The highest BCUT2D eigenvalue weighted by Gasteiger charge is 2.36. The predicted octanol–water partition coefficient (Wildman–Crippen LogP) is 4.19. The summed E-state index contributed by atoms with van der Waals surface area (Å²) in [5.41, 5.74) is 1.50. The highest BCUT2D eigenvalue weighted by molar-refractivity contribution is 6.11. The largest absolute Gasteiger partial charge is 0.505 e. The molecule has 0 unspecified atom stereocenters. The first-order valence-electron chi connectivity index (χ1n) is 10.4. The third kappa shape index (κ3) is 3.41. The highest BCUT2D eigenvalue weighted by Crippen LogP contribution is 2.41. The molecule has 1 aromatic carbocycles. The zero-order valence-electron chi connectivity index (χ0n) is 17.9. The summed E-state index contributed by atoms with van der Waals surface area (Å²) in [5, 5.41) is 20.1. The van der Waals surface area contributed by atoms with Gasteiger partial charge in [-0.25, -0.2) is 18.6 Å². The van der Waals surface area contributed by atoms with Crippen LogP contribution in [0, 0.1) is 11.6 Å². The summed E-state index contributed by atoms with van der Waals surface area (Å²) in [5.74, 6) is -4.01. The zero-order valence-corrected chi connectivity index (χ0v) is 17.9. The number of aromatic amines is 1. The van der Waals surface area contributed by atoms with E-state index in [4.69, 9.17) is 4.74 Å². The molecule has 1 aliphatic rings. The lowest BCUT2D eigenvalue weighted by Crippen LogP contribution is -2.48. The normalized spacial score (nSPS) is 13.4. The van der Waals surface area contributed by atoms with Crippen molar-refractivity contribution in [3.63, 3.8) is 0 Å². The van der Waals surface area contributed by atoms with Crippen LogP contribution in [-0.2, 0) is 13.2 Å². The molecule has 0 fully saturated rings. The minimum absolute atomic E-state index is 0.197. The SMILES string of the molecule is CCN1C(=O)N(c2c(F)c(O)cc(O)c2F)Cc2cnc3[nH]c(COc4cccnc4)cc3c21. The molecule has 0 bridgehead atoms. The van der Waals surface area contributed by atoms with Crippen LogP contribution in [0.3, 0.4) is 0 Å². The van der Waals surface area contributed by atoms with Gasteiger partial charge in [0.15, 0.2) is 23.1 Å². The van der Waals surface area contributed by atoms with E-state index in [-0.39, 0.29) is 19.7 Å². The van der Waals surface area contributed by atoms with Gasteiger partial charge in [-0.3, -0.25) is 14.8 Å². The van der Waals surface area contributed by atoms with Crippen LogP contribution < -0.4 is 14.5 Å². The first-order valence-corrected chi connectivity index (χ1v) is 10.4. The number of nitrogens with zero attached hydrogens (tertiary/aromatic N) is 4. The van der Waals surface area contributed by atoms with Crippen molar-refractivity contribution in [3.8, 4) is 17.2 Å². The van der Waals surface area contributed by atoms with E-state index >= 15 is 0 Å². The molecule has 0 radical (unpaired) electrons. The van der Waals surface area contributed by atoms with Crippen molar-refractivity contribution in [2.75, 3.05) is 16.3 Å². The molecule has 3 N–H and O–H groups in total. The van der Waals surface area contributed by atoms with Crippen LogP contribution in [-0.4, -0.2) is 37.7 Å². The van der Waals surface area contributed by atoms with Crippen molar-refractivity contribution in [1.29, 1.82) is 0 Å². The number of carbonyl (C=O) groups is 1. The van der Waals surface area contributed by atoms with Crippen LogP contribution in [0.5, 0.6) is 17.2 Å². The van der Waals surface area contributed by atoms with Gasteiger partial charge in [-0.05, 0) is 25.1 Å². The van der Waals surface area contributed by atoms with Gasteiger partial charge in [0.25, 0.3) is 0 Å². The summed E-state index contributed by atoms with van der Waals surface area (Å²) in [6, 6.07) is 5.18. The topological polar surface area (TPSA) is 115 Å². The van der Waals surface area contributed by atoms with Gasteiger partial charge in [0.1, 0.15) is 23.7 Å². The number of hydrogen-bond acceptors (Lipinski definition) is 6. The molecule has 3 aromatic heterocycles. The number of amides is 2. The molecule has 1 aliphatic heterocycles. The standard InChI is InChI=1S/C23H19F2N5O4/c1-2-29-20-12(10-30(23(29)33)21-18(24)16(31)7-17(32)19(21)25)8-27-22-15(20)6-13(28-22)11-34-14-4-3-5-26-9-14/h3-9,31-32H,2,10-11H2,1H3,(H,27,28). The van der Waals surface area contributed by atoms with Crippen LogP contribution >= 0.6 is 0 Å². The van der Waals surface area contributed by atoms with E-state index in [9.17, 15) is 23.8 Å². The lowest BCUT2D eigenvalue weighted by molar-refractivity contribution is 0.250. The predicted molar refractivity (Wildman–Crippen MR) is 119 cm³/mol. The number of pyridine rings is 2. The van der Waals surface area contributed by atoms with E-state index in [0.29, 0.717) is 39.8 Å². The molecular formula is C23H19F2N5O4. The second kappa shape index (κ2) is 8.18. The minimum Gasteiger partial charge on any atom is -0.505 e. The van der Waals surface area contributed by atoms with Crippen LogP contribution in [0.1, 0.15) is 18.2 Å². The molecule has 0 spiro atoms. The van der Waals surface area contributed by atoms with Crippen molar-refractivity contribution < 1.29 is 28.5 Å². The highest BCUT2D eigenvalue weighted by atomic mass is 19.1. The molecule has 174 valence electrons. The number of aromatic hydroxyl groups is 2. The Balaban J connectivity index is 1.55. The summed E-state index contributed by atoms with van der Waals surface area (Å²) in [4.78, 5) is 27.1. The average Bonchev–Trinajstić information content (AvgIpc) is 3.26. The summed E-state index contributed by atoms with van der Waals surface area (Å²) >= 11 is 0. The minimum atomic E-state index is -1.34. The number of phenolic OH excluding ortho intramolecular Hbond substituents is 2. The first kappa shape index (κ1) is 21.4. The fraction of sp³-hybridized carbons (Fsp3) is 0.174. The van der Waals surface area contributed by atoms with Crippen LogP contribution in [0.2, 0.25) is 0 Å². The van der Waals surface area contributed by atoms with E-state index in [1.54, 1.807) is 31.5 Å². The summed E-state index contributed by atoms with van der Waals surface area (Å²) in [7, 11) is 0. The van der Waals surface area contributed by atoms with Gasteiger partial charge in [-0.1, -0.05) is 0 Å². The van der Waals surface area contributed by atoms with Crippen LogP contribution in [0.25, 0.3) is 11.0 Å². The Morgan fingerprint density at radius 1 is 1.15 bits per heavy atom. The average molecular weight is 467 g/mol. The van der Waals surface area contributed by atoms with Crippen molar-refractivity contribution in [2.24, 2.45) is 0 Å². The van der Waals surface area contributed by atoms with E-state index in [2.05, 4.69) is 15.0 Å². The number of fused-ring (bicyclic) bond motifs is 3. The van der Waals surface area contributed by atoms with Gasteiger partial charge >= 0.3 is 6.03 Å². The van der Waals surface area contributed by atoms with Gasteiger partial charge in [0, 0.05) is 36.0 Å². The smallest absolute Gasteiger partial charge is 0.329 e. The zero-order chi connectivity index (χ0) is 24.0. The maximum atomic E-state index is 14.6. The molecule has 0 aliphatic carbocycles. The van der Waals surface area contributed by atoms with Gasteiger partial charge in [0.05, 0.1) is 24.1 Å². The molecule has 34 heavy (non-hydrogen) atoms. The van der Waals surface area contributed by atoms with Crippen molar-refractivity contribution >= 4 is 28.4 Å². The Bertz CT molecular complexity index is 1380. The number of nitrogens with one attached hydrogen (secondary N) is 1. The molecule has 4 aromatic rings. The number of ether oxygens (including phenoxy) is 1. The monoisotopic (exact) mass is 467 g/mol. The number of hydrogen-bond donors (Lipinski definition) is 3. The lowest BCUT2D eigenvalue weighted by atomic mass is 10.1. The molecular weight excluding hydrogens is 448 g/mol. The summed E-state index contributed by atoms with van der Waals surface area (Å²) in [6.07, 6.45) is 4.74. The molecule has 0 saturated carbocycles. The second-order valence-electron chi connectivity index (χ2n) is 7.67. The van der Waals surface area contributed by atoms with E-state index in [1.165, 1.54) is 11.1 Å². The quantitative estimate of drug-likeness (QED) is 0.405. The number of phenols is 2. The maximum absolute atomic E-state index is 14.6. The Morgan fingerprint density at radius 2 is 1.91 bits per heavy atom. The Morgan fingerprint density at radius 3 is 2.59 bits per heavy atom. The fourth-order valence-corrected chi connectivity index (χ4v) is 4.04. The number of anilines is 2. The molecule has 11 heteroatoms. The number of carbonyl (C=O) groups excluding carboxylic acids is 1. The third-order valence-electron chi connectivity index (χ3n) is 5.58. The summed E-state index contributed by atoms with van der Waals surface area (Å²) < 4.78 is 35.0. The number of aromatic nitrogens is 3. The Labute approximate surface area is 191 Å². The maximum Gasteiger partial charge on any atom is 0.329 e. The molecule has 0 saturated heterocycles. The van der Waals surface area contributed by atoms with Crippen molar-refractivity contribution in [3.05, 3.63) is 65.7 Å². The van der Waals surface area contributed by atoms with Gasteiger partial charge in [-0.2, -0.15) is 0 Å². The van der Waals surface area contributed by atoms with Gasteiger partial charge in [-0.15, -0.1) is 0 Å². The van der Waals surface area contributed by atoms with E-state index in [0.717, 1.165) is 4.90 Å². The van der Waals surface area contributed by atoms with Crippen LogP contribution in [0.4, 0.5) is 25.0 Å². The van der Waals surface area contributed by atoms with E-state index < -0.39 is 34.9 Å². The molecule has 5 rings (SSSR count). The molecule has 0 atom stereocenters. The number of urea groups is 1. The summed E-state index contributed by atoms with van der Waals surface area (Å²) in [6.45, 7) is 1.92. The molecule has 2 amide bonds. The van der Waals surface area contributed by atoms with Crippen LogP contribution in [0.15, 0.2) is 42.9 Å². The first-order chi connectivity index (χ1) is 16.4. The Hall–Kier alpha value is -4.41. The lowest BCUT2D eigenvalue weighted by Gasteiger charge is -2.37. The van der Waals surface area contributed by atoms with Gasteiger partial charge < -0.3 is 19.9 Å². The molecule has 9 nitrogen and oxygen atoms in total. The fourth-order valence-electron chi connectivity index (χ4n) is 4.04. The number of benzene rings is 1.